The normalized spacial score (nSPS) is 10.8. The van der Waals surface area contributed by atoms with Crippen LogP contribution in [0, 0.1) is 6.92 Å². The Morgan fingerprint density at radius 1 is 1.03 bits per heavy atom. The molecular weight excluding hydrogens is 456 g/mol. The number of ether oxygens (including phenoxy) is 2. The van der Waals surface area contributed by atoms with Gasteiger partial charge < -0.3 is 9.47 Å². The Morgan fingerprint density at radius 3 is 2.48 bits per heavy atom. The molecule has 3 aromatic rings. The van der Waals surface area contributed by atoms with Gasteiger partial charge in [-0.1, -0.05) is 52.7 Å². The summed E-state index contributed by atoms with van der Waals surface area (Å²) in [4.78, 5) is 12.4. The summed E-state index contributed by atoms with van der Waals surface area (Å²) in [5.74, 6) is 1.12. The second-order valence-corrected chi connectivity index (χ2v) is 7.94. The fourth-order valence-corrected chi connectivity index (χ4v) is 3.12. The second kappa shape index (κ2) is 11.3. The largest absolute Gasteiger partial charge is 0.493 e. The molecule has 0 radical (unpaired) electrons. The van der Waals surface area contributed by atoms with Crippen LogP contribution < -0.4 is 14.9 Å². The molecule has 0 atom stereocenters. The number of carbonyl (C=O) groups excluding carboxylic acids is 1. The summed E-state index contributed by atoms with van der Waals surface area (Å²) in [7, 11) is 0. The number of carbonyl (C=O) groups is 1. The van der Waals surface area contributed by atoms with Crippen molar-refractivity contribution in [1.82, 2.24) is 5.43 Å². The van der Waals surface area contributed by atoms with Gasteiger partial charge in [0.25, 0.3) is 5.91 Å². The minimum absolute atomic E-state index is 0.299. The lowest BCUT2D eigenvalue weighted by Crippen LogP contribution is -2.17. The monoisotopic (exact) mass is 480 g/mol. The van der Waals surface area contributed by atoms with E-state index in [0.717, 1.165) is 27.8 Å². The highest BCUT2D eigenvalue weighted by atomic mass is 79.9. The van der Waals surface area contributed by atoms with Gasteiger partial charge in [-0.2, -0.15) is 5.10 Å². The molecule has 0 bridgehead atoms. The summed E-state index contributed by atoms with van der Waals surface area (Å²) in [5.41, 5.74) is 6.14. The van der Waals surface area contributed by atoms with Crippen LogP contribution in [0.3, 0.4) is 0 Å². The molecular formula is C25H25BrN2O3. The average Bonchev–Trinajstić information content (AvgIpc) is 2.78. The SMILES string of the molecule is CCCOc1ccc(Br)cc1/C=N/NC(=O)c1ccc(OCc2ccc(C)cc2)cc1. The third-order valence-electron chi connectivity index (χ3n) is 4.45. The van der Waals surface area contributed by atoms with Crippen molar-refractivity contribution in [3.63, 3.8) is 0 Å². The van der Waals surface area contributed by atoms with Crippen LogP contribution in [-0.4, -0.2) is 18.7 Å². The van der Waals surface area contributed by atoms with Crippen molar-refractivity contribution in [1.29, 1.82) is 0 Å². The smallest absolute Gasteiger partial charge is 0.271 e. The highest BCUT2D eigenvalue weighted by molar-refractivity contribution is 9.10. The maximum absolute atomic E-state index is 12.4. The van der Waals surface area contributed by atoms with Gasteiger partial charge in [0.1, 0.15) is 18.1 Å². The molecule has 0 spiro atoms. The van der Waals surface area contributed by atoms with E-state index >= 15 is 0 Å². The van der Waals surface area contributed by atoms with Crippen molar-refractivity contribution in [2.75, 3.05) is 6.61 Å². The van der Waals surface area contributed by atoms with E-state index in [1.807, 2.05) is 37.3 Å². The molecule has 0 aliphatic carbocycles. The Hall–Kier alpha value is -3.12. The van der Waals surface area contributed by atoms with E-state index in [9.17, 15) is 4.79 Å². The van der Waals surface area contributed by atoms with Crippen molar-refractivity contribution >= 4 is 28.1 Å². The zero-order valence-electron chi connectivity index (χ0n) is 17.6. The molecule has 0 aliphatic heterocycles. The molecule has 0 aromatic heterocycles. The van der Waals surface area contributed by atoms with Crippen molar-refractivity contribution in [2.24, 2.45) is 5.10 Å². The van der Waals surface area contributed by atoms with Crippen LogP contribution in [-0.2, 0) is 6.61 Å². The molecule has 0 saturated heterocycles. The number of amides is 1. The Balaban J connectivity index is 1.56. The summed E-state index contributed by atoms with van der Waals surface area (Å²) in [6.07, 6.45) is 2.49. The predicted octanol–water partition coefficient (Wildman–Crippen LogP) is 5.89. The number of nitrogens with one attached hydrogen (secondary N) is 1. The highest BCUT2D eigenvalue weighted by Crippen LogP contribution is 2.22. The Labute approximate surface area is 191 Å². The van der Waals surface area contributed by atoms with Gasteiger partial charge in [-0.25, -0.2) is 5.43 Å². The predicted molar refractivity (Wildman–Crippen MR) is 127 cm³/mol. The number of benzene rings is 3. The number of rotatable bonds is 9. The number of halogens is 1. The lowest BCUT2D eigenvalue weighted by molar-refractivity contribution is 0.0955. The third-order valence-corrected chi connectivity index (χ3v) is 4.94. The molecule has 1 N–H and O–H groups in total. The summed E-state index contributed by atoms with van der Waals surface area (Å²) >= 11 is 3.44. The zero-order chi connectivity index (χ0) is 22.1. The maximum Gasteiger partial charge on any atom is 0.271 e. The molecule has 5 nitrogen and oxygen atoms in total. The van der Waals surface area contributed by atoms with Crippen LogP contribution in [0.2, 0.25) is 0 Å². The van der Waals surface area contributed by atoms with Gasteiger partial charge in [-0.05, 0) is 61.4 Å². The Morgan fingerprint density at radius 2 is 1.77 bits per heavy atom. The highest BCUT2D eigenvalue weighted by Gasteiger charge is 2.06. The fraction of sp³-hybridized carbons (Fsp3) is 0.200. The first-order chi connectivity index (χ1) is 15.0. The van der Waals surface area contributed by atoms with Crippen molar-refractivity contribution in [3.05, 3.63) is 93.5 Å². The van der Waals surface area contributed by atoms with Crippen LogP contribution >= 0.6 is 15.9 Å². The minimum atomic E-state index is -0.299. The van der Waals surface area contributed by atoms with Gasteiger partial charge in [0.15, 0.2) is 0 Å². The number of hydrazone groups is 1. The standard InChI is InChI=1S/C25H25BrN2O3/c1-3-14-30-24-13-10-22(26)15-21(24)16-27-28-25(29)20-8-11-23(12-9-20)31-17-19-6-4-18(2)5-7-19/h4-13,15-16H,3,14,17H2,1-2H3,(H,28,29)/b27-16+. The lowest BCUT2D eigenvalue weighted by atomic mass is 10.2. The van der Waals surface area contributed by atoms with Crippen LogP contribution in [0.15, 0.2) is 76.3 Å². The van der Waals surface area contributed by atoms with Gasteiger partial charge in [-0.15, -0.1) is 0 Å². The first-order valence-corrected chi connectivity index (χ1v) is 10.9. The first kappa shape index (κ1) is 22.6. The molecule has 3 rings (SSSR count). The molecule has 160 valence electrons. The van der Waals surface area contributed by atoms with Crippen LogP contribution in [0.1, 0.15) is 40.4 Å². The summed E-state index contributed by atoms with van der Waals surface area (Å²) in [6.45, 7) is 5.19. The molecule has 0 aliphatic rings. The maximum atomic E-state index is 12.4. The molecule has 3 aromatic carbocycles. The molecule has 1 amide bonds. The average molecular weight is 481 g/mol. The van der Waals surface area contributed by atoms with Crippen LogP contribution in [0.25, 0.3) is 0 Å². The van der Waals surface area contributed by atoms with E-state index in [-0.39, 0.29) is 5.91 Å². The molecule has 31 heavy (non-hydrogen) atoms. The van der Waals surface area contributed by atoms with Crippen molar-refractivity contribution in [2.45, 2.75) is 26.9 Å². The summed E-state index contributed by atoms with van der Waals surface area (Å²) < 4.78 is 12.4. The van der Waals surface area contributed by atoms with E-state index in [1.165, 1.54) is 5.56 Å². The number of hydrogen-bond acceptors (Lipinski definition) is 4. The van der Waals surface area contributed by atoms with E-state index in [2.05, 4.69) is 45.5 Å². The Bertz CT molecular complexity index is 1030. The van der Waals surface area contributed by atoms with E-state index in [1.54, 1.807) is 30.5 Å². The van der Waals surface area contributed by atoms with Gasteiger partial charge >= 0.3 is 0 Å². The zero-order valence-corrected chi connectivity index (χ0v) is 19.2. The molecule has 0 fully saturated rings. The van der Waals surface area contributed by atoms with Crippen LogP contribution in [0.5, 0.6) is 11.5 Å². The summed E-state index contributed by atoms with van der Waals surface area (Å²) in [5, 5.41) is 4.08. The van der Waals surface area contributed by atoms with Gasteiger partial charge in [-0.3, -0.25) is 4.79 Å². The number of aryl methyl sites for hydroxylation is 1. The third kappa shape index (κ3) is 6.96. The Kier molecular flexibility index (Phi) is 8.24. The first-order valence-electron chi connectivity index (χ1n) is 10.1. The van der Waals surface area contributed by atoms with Crippen molar-refractivity contribution in [3.8, 4) is 11.5 Å². The van der Waals surface area contributed by atoms with E-state index in [0.29, 0.717) is 24.5 Å². The number of hydrogen-bond donors (Lipinski definition) is 1. The van der Waals surface area contributed by atoms with Gasteiger partial charge in [0.2, 0.25) is 0 Å². The number of nitrogens with zero attached hydrogens (tertiary/aromatic N) is 1. The van der Waals surface area contributed by atoms with E-state index < -0.39 is 0 Å². The lowest BCUT2D eigenvalue weighted by Gasteiger charge is -2.08. The minimum Gasteiger partial charge on any atom is -0.493 e. The molecule has 0 heterocycles. The molecule has 0 unspecified atom stereocenters. The topological polar surface area (TPSA) is 59.9 Å². The summed E-state index contributed by atoms with van der Waals surface area (Å²) in [6, 6.07) is 20.8. The van der Waals surface area contributed by atoms with E-state index in [4.69, 9.17) is 9.47 Å². The van der Waals surface area contributed by atoms with Gasteiger partial charge in [0.05, 0.1) is 12.8 Å². The molecule has 6 heteroatoms. The fourth-order valence-electron chi connectivity index (χ4n) is 2.74. The van der Waals surface area contributed by atoms with Crippen molar-refractivity contribution < 1.29 is 14.3 Å². The molecule has 0 saturated carbocycles. The second-order valence-electron chi connectivity index (χ2n) is 7.03. The van der Waals surface area contributed by atoms with Crippen LogP contribution in [0.4, 0.5) is 0 Å². The quantitative estimate of drug-likeness (QED) is 0.306. The van der Waals surface area contributed by atoms with Gasteiger partial charge in [0, 0.05) is 15.6 Å².